The molecule has 1 amide bonds. The second kappa shape index (κ2) is 7.51. The number of rotatable bonds is 5. The Balaban J connectivity index is 1.83. The van der Waals surface area contributed by atoms with Crippen LogP contribution in [0.15, 0.2) is 36.7 Å². The molecule has 0 N–H and O–H groups in total. The number of carbonyl (C=O) groups excluding carboxylic acids is 1. The highest BCUT2D eigenvalue weighted by Crippen LogP contribution is 2.28. The molecule has 0 spiro atoms. The molecule has 0 saturated heterocycles. The van der Waals surface area contributed by atoms with Crippen LogP contribution in [0.3, 0.4) is 0 Å². The number of aromatic nitrogens is 2. The third kappa shape index (κ3) is 3.57. The molecular formula is C19H24N4O2. The van der Waals surface area contributed by atoms with Crippen molar-refractivity contribution in [2.75, 3.05) is 31.0 Å². The number of pyridine rings is 2. The van der Waals surface area contributed by atoms with Crippen LogP contribution in [0, 0.1) is 0 Å². The molecule has 1 fully saturated rings. The summed E-state index contributed by atoms with van der Waals surface area (Å²) in [6.45, 7) is 0. The topological polar surface area (TPSA) is 58.6 Å². The van der Waals surface area contributed by atoms with E-state index in [2.05, 4.69) is 21.9 Å². The molecule has 0 aromatic carbocycles. The first-order valence-corrected chi connectivity index (χ1v) is 8.57. The molecule has 0 unspecified atom stereocenters. The Morgan fingerprint density at radius 1 is 1.16 bits per heavy atom. The van der Waals surface area contributed by atoms with Gasteiger partial charge in [-0.3, -0.25) is 4.79 Å². The average molecular weight is 340 g/mol. The van der Waals surface area contributed by atoms with Crippen LogP contribution >= 0.6 is 0 Å². The van der Waals surface area contributed by atoms with Gasteiger partial charge in [0.25, 0.3) is 5.91 Å². The summed E-state index contributed by atoms with van der Waals surface area (Å²) in [7, 11) is 5.33. The molecule has 132 valence electrons. The van der Waals surface area contributed by atoms with Crippen molar-refractivity contribution in [2.45, 2.75) is 31.7 Å². The van der Waals surface area contributed by atoms with Crippen molar-refractivity contribution < 1.29 is 9.53 Å². The number of hydrogen-bond donors (Lipinski definition) is 0. The minimum atomic E-state index is -0.116. The predicted octanol–water partition coefficient (Wildman–Crippen LogP) is 3.14. The molecule has 25 heavy (non-hydrogen) atoms. The predicted molar refractivity (Wildman–Crippen MR) is 98.4 cm³/mol. The maximum absolute atomic E-state index is 12.9. The molecule has 6 nitrogen and oxygen atoms in total. The fraction of sp³-hybridized carbons (Fsp3) is 0.421. The Hall–Kier alpha value is -2.63. The zero-order chi connectivity index (χ0) is 17.8. The molecule has 2 aromatic heterocycles. The van der Waals surface area contributed by atoms with Gasteiger partial charge in [0.15, 0.2) is 0 Å². The Morgan fingerprint density at radius 3 is 2.64 bits per heavy atom. The van der Waals surface area contributed by atoms with Gasteiger partial charge in [-0.15, -0.1) is 0 Å². The zero-order valence-corrected chi connectivity index (χ0v) is 15.0. The van der Waals surface area contributed by atoms with Crippen molar-refractivity contribution in [1.82, 2.24) is 9.97 Å². The number of anilines is 2. The second-order valence-corrected chi connectivity index (χ2v) is 6.35. The van der Waals surface area contributed by atoms with Crippen LogP contribution in [0.25, 0.3) is 0 Å². The molecule has 0 atom stereocenters. The highest BCUT2D eigenvalue weighted by Gasteiger charge is 2.22. The number of methoxy groups -OCH3 is 1. The lowest BCUT2D eigenvalue weighted by Gasteiger charge is -2.26. The van der Waals surface area contributed by atoms with Crippen LogP contribution in [0.2, 0.25) is 0 Å². The SMILES string of the molecule is COc1ncccc1N(C)C(=O)c1ccnc(N(C)C2CCCC2)c1. The van der Waals surface area contributed by atoms with Gasteiger partial charge in [-0.2, -0.15) is 0 Å². The number of ether oxygens (including phenoxy) is 1. The van der Waals surface area contributed by atoms with Gasteiger partial charge in [0.2, 0.25) is 5.88 Å². The minimum absolute atomic E-state index is 0.116. The van der Waals surface area contributed by atoms with E-state index in [4.69, 9.17) is 4.74 Å². The van der Waals surface area contributed by atoms with Gasteiger partial charge in [-0.05, 0) is 37.1 Å². The summed E-state index contributed by atoms with van der Waals surface area (Å²) in [4.78, 5) is 25.3. The van der Waals surface area contributed by atoms with Crippen LogP contribution in [0.1, 0.15) is 36.0 Å². The lowest BCUT2D eigenvalue weighted by molar-refractivity contribution is 0.0992. The highest BCUT2D eigenvalue weighted by atomic mass is 16.5. The molecule has 2 aromatic rings. The second-order valence-electron chi connectivity index (χ2n) is 6.35. The molecule has 3 rings (SSSR count). The van der Waals surface area contributed by atoms with Crippen LogP contribution in [0.5, 0.6) is 5.88 Å². The number of carbonyl (C=O) groups is 1. The van der Waals surface area contributed by atoms with Gasteiger partial charge in [0.1, 0.15) is 11.5 Å². The summed E-state index contributed by atoms with van der Waals surface area (Å²) in [6.07, 6.45) is 8.23. The fourth-order valence-electron chi connectivity index (χ4n) is 3.32. The van der Waals surface area contributed by atoms with Crippen LogP contribution in [-0.4, -0.2) is 43.1 Å². The van der Waals surface area contributed by atoms with Crippen molar-refractivity contribution in [3.8, 4) is 5.88 Å². The summed E-state index contributed by atoms with van der Waals surface area (Å²) < 4.78 is 5.26. The van der Waals surface area contributed by atoms with Crippen molar-refractivity contribution >= 4 is 17.4 Å². The largest absolute Gasteiger partial charge is 0.480 e. The number of nitrogens with zero attached hydrogens (tertiary/aromatic N) is 4. The van der Waals surface area contributed by atoms with Gasteiger partial charge in [0.05, 0.1) is 7.11 Å². The minimum Gasteiger partial charge on any atom is -0.480 e. The Labute approximate surface area is 148 Å². The number of hydrogen-bond acceptors (Lipinski definition) is 5. The Morgan fingerprint density at radius 2 is 1.92 bits per heavy atom. The Kier molecular flexibility index (Phi) is 5.16. The molecular weight excluding hydrogens is 316 g/mol. The zero-order valence-electron chi connectivity index (χ0n) is 15.0. The smallest absolute Gasteiger partial charge is 0.258 e. The van der Waals surface area contributed by atoms with E-state index in [0.29, 0.717) is 23.2 Å². The van der Waals surface area contributed by atoms with E-state index >= 15 is 0 Å². The van der Waals surface area contributed by atoms with Gasteiger partial charge >= 0.3 is 0 Å². The van der Waals surface area contributed by atoms with Crippen molar-refractivity contribution in [3.05, 3.63) is 42.2 Å². The standard InChI is InChI=1S/C19H24N4O2/c1-22(15-7-4-5-8-15)17-13-14(10-12-20-17)19(24)23(2)16-9-6-11-21-18(16)25-3/h6,9-13,15H,4-5,7-8H2,1-3H3. The van der Waals surface area contributed by atoms with Crippen molar-refractivity contribution in [2.24, 2.45) is 0 Å². The van der Waals surface area contributed by atoms with E-state index in [1.54, 1.807) is 43.6 Å². The highest BCUT2D eigenvalue weighted by molar-refractivity contribution is 6.06. The molecule has 6 heteroatoms. The summed E-state index contributed by atoms with van der Waals surface area (Å²) in [5.74, 6) is 1.15. The molecule has 1 aliphatic rings. The van der Waals surface area contributed by atoms with E-state index in [9.17, 15) is 4.79 Å². The average Bonchev–Trinajstić information content (AvgIpc) is 3.21. The van der Waals surface area contributed by atoms with Gasteiger partial charge in [0, 0.05) is 38.1 Å². The summed E-state index contributed by atoms with van der Waals surface area (Å²) >= 11 is 0. The lowest BCUT2D eigenvalue weighted by Crippen LogP contribution is -2.30. The molecule has 0 bridgehead atoms. The summed E-state index contributed by atoms with van der Waals surface area (Å²) in [5.41, 5.74) is 1.24. The van der Waals surface area contributed by atoms with Crippen LogP contribution < -0.4 is 14.5 Å². The normalized spacial score (nSPS) is 14.4. The summed E-state index contributed by atoms with van der Waals surface area (Å²) in [5, 5.41) is 0. The van der Waals surface area contributed by atoms with Crippen LogP contribution in [-0.2, 0) is 0 Å². The fourth-order valence-corrected chi connectivity index (χ4v) is 3.32. The third-order valence-electron chi connectivity index (χ3n) is 4.84. The molecule has 1 aliphatic carbocycles. The van der Waals surface area contributed by atoms with E-state index in [-0.39, 0.29) is 5.91 Å². The third-order valence-corrected chi connectivity index (χ3v) is 4.84. The monoisotopic (exact) mass is 340 g/mol. The Bertz CT molecular complexity index is 744. The summed E-state index contributed by atoms with van der Waals surface area (Å²) in [6, 6.07) is 7.71. The van der Waals surface area contributed by atoms with Gasteiger partial charge in [-0.1, -0.05) is 12.8 Å². The van der Waals surface area contributed by atoms with Crippen molar-refractivity contribution in [3.63, 3.8) is 0 Å². The van der Waals surface area contributed by atoms with E-state index in [0.717, 1.165) is 5.82 Å². The van der Waals surface area contributed by atoms with Gasteiger partial charge in [-0.25, -0.2) is 9.97 Å². The lowest BCUT2D eigenvalue weighted by atomic mass is 10.2. The molecule has 1 saturated carbocycles. The van der Waals surface area contributed by atoms with Crippen molar-refractivity contribution in [1.29, 1.82) is 0 Å². The first-order chi connectivity index (χ1) is 12.1. The van der Waals surface area contributed by atoms with E-state index < -0.39 is 0 Å². The van der Waals surface area contributed by atoms with Gasteiger partial charge < -0.3 is 14.5 Å². The maximum Gasteiger partial charge on any atom is 0.258 e. The molecule has 2 heterocycles. The first kappa shape index (κ1) is 17.2. The van der Waals surface area contributed by atoms with Crippen LogP contribution in [0.4, 0.5) is 11.5 Å². The number of amides is 1. The quantitative estimate of drug-likeness (QED) is 0.837. The molecule has 0 radical (unpaired) electrons. The molecule has 0 aliphatic heterocycles. The van der Waals surface area contributed by atoms with E-state index in [1.165, 1.54) is 25.7 Å². The first-order valence-electron chi connectivity index (χ1n) is 8.57. The maximum atomic E-state index is 12.9. The van der Waals surface area contributed by atoms with E-state index in [1.807, 2.05) is 12.1 Å².